The van der Waals surface area contributed by atoms with Crippen LogP contribution < -0.4 is 10.1 Å². The molecule has 0 bridgehead atoms. The maximum absolute atomic E-state index is 12.4. The van der Waals surface area contributed by atoms with Crippen molar-refractivity contribution >= 4 is 12.0 Å². The summed E-state index contributed by atoms with van der Waals surface area (Å²) >= 11 is 0. The van der Waals surface area contributed by atoms with Crippen LogP contribution in [-0.4, -0.2) is 41.2 Å². The zero-order valence-electron chi connectivity index (χ0n) is 14.7. The Kier molecular flexibility index (Phi) is 5.36. The largest absolute Gasteiger partial charge is 0.491 e. The summed E-state index contributed by atoms with van der Waals surface area (Å²) < 4.78 is 5.68. The Hall–Kier alpha value is -2.24. The molecule has 1 fully saturated rings. The Morgan fingerprint density at radius 2 is 2.04 bits per heavy atom. The molecule has 1 aromatic carbocycles. The van der Waals surface area contributed by atoms with Crippen LogP contribution >= 0.6 is 0 Å². The molecule has 1 aromatic rings. The van der Waals surface area contributed by atoms with E-state index in [1.807, 2.05) is 45.0 Å². The molecule has 24 heavy (non-hydrogen) atoms. The number of carboxylic acid groups (broad SMARTS) is 1. The average molecular weight is 334 g/mol. The van der Waals surface area contributed by atoms with Crippen molar-refractivity contribution in [1.29, 1.82) is 0 Å². The van der Waals surface area contributed by atoms with Gasteiger partial charge in [0.25, 0.3) is 0 Å². The van der Waals surface area contributed by atoms with Crippen molar-refractivity contribution in [1.82, 2.24) is 10.2 Å². The number of hydrogen-bond donors (Lipinski definition) is 2. The zero-order valence-corrected chi connectivity index (χ0v) is 14.7. The zero-order chi connectivity index (χ0) is 17.9. The summed E-state index contributed by atoms with van der Waals surface area (Å²) in [6.07, 6.45) is 0.561. The Morgan fingerprint density at radius 3 is 2.62 bits per heavy atom. The third-order valence-electron chi connectivity index (χ3n) is 4.35. The molecule has 0 saturated carbocycles. The molecule has 2 atom stereocenters. The van der Waals surface area contributed by atoms with Gasteiger partial charge in [0.2, 0.25) is 0 Å². The van der Waals surface area contributed by atoms with Crippen molar-refractivity contribution in [2.24, 2.45) is 5.41 Å². The quantitative estimate of drug-likeness (QED) is 0.867. The van der Waals surface area contributed by atoms with Crippen LogP contribution in [0.4, 0.5) is 4.79 Å². The van der Waals surface area contributed by atoms with Gasteiger partial charge < -0.3 is 20.1 Å². The number of amides is 2. The predicted molar refractivity (Wildman–Crippen MR) is 91.1 cm³/mol. The summed E-state index contributed by atoms with van der Waals surface area (Å²) in [5.74, 6) is -0.0902. The maximum atomic E-state index is 12.4. The first-order chi connectivity index (χ1) is 11.2. The Bertz CT molecular complexity index is 617. The second-order valence-electron chi connectivity index (χ2n) is 6.95. The van der Waals surface area contributed by atoms with Gasteiger partial charge in [0.05, 0.1) is 17.6 Å². The minimum absolute atomic E-state index is 0.0865. The van der Waals surface area contributed by atoms with Gasteiger partial charge in [-0.3, -0.25) is 4.79 Å². The molecule has 1 heterocycles. The fourth-order valence-corrected chi connectivity index (χ4v) is 2.80. The third-order valence-corrected chi connectivity index (χ3v) is 4.35. The van der Waals surface area contributed by atoms with Crippen LogP contribution in [0.3, 0.4) is 0 Å². The number of carbonyl (C=O) groups is 2. The molecule has 2 rings (SSSR count). The van der Waals surface area contributed by atoms with Crippen molar-refractivity contribution in [2.75, 3.05) is 13.1 Å². The molecule has 0 radical (unpaired) electrons. The van der Waals surface area contributed by atoms with E-state index in [0.717, 1.165) is 11.3 Å². The number of nitrogens with one attached hydrogen (secondary N) is 1. The van der Waals surface area contributed by atoms with Crippen LogP contribution in [-0.2, 0) is 4.79 Å². The third kappa shape index (κ3) is 4.19. The number of likely N-dealkylation sites (tertiary alicyclic amines) is 1. The lowest BCUT2D eigenvalue weighted by atomic mass is 9.90. The second kappa shape index (κ2) is 7.11. The van der Waals surface area contributed by atoms with Gasteiger partial charge in [0.15, 0.2) is 0 Å². The van der Waals surface area contributed by atoms with Crippen molar-refractivity contribution in [3.05, 3.63) is 29.8 Å². The van der Waals surface area contributed by atoms with Crippen molar-refractivity contribution in [3.63, 3.8) is 0 Å². The SMILES string of the molecule is CC(C)Oc1cccc(C(C)NC(=O)N2CCC(C)(C(=O)O)C2)c1. The van der Waals surface area contributed by atoms with E-state index in [1.54, 1.807) is 11.8 Å². The minimum Gasteiger partial charge on any atom is -0.491 e. The van der Waals surface area contributed by atoms with E-state index in [0.29, 0.717) is 13.0 Å². The van der Waals surface area contributed by atoms with Crippen molar-refractivity contribution in [3.8, 4) is 5.75 Å². The Morgan fingerprint density at radius 1 is 1.33 bits per heavy atom. The topological polar surface area (TPSA) is 78.9 Å². The van der Waals surface area contributed by atoms with Gasteiger partial charge in [0, 0.05) is 13.1 Å². The van der Waals surface area contributed by atoms with Gasteiger partial charge in [-0.15, -0.1) is 0 Å². The van der Waals surface area contributed by atoms with Gasteiger partial charge >= 0.3 is 12.0 Å². The lowest BCUT2D eigenvalue weighted by molar-refractivity contribution is -0.147. The highest BCUT2D eigenvalue weighted by Gasteiger charge is 2.42. The van der Waals surface area contributed by atoms with E-state index in [-0.39, 0.29) is 24.7 Å². The predicted octanol–water partition coefficient (Wildman–Crippen LogP) is 3.04. The van der Waals surface area contributed by atoms with E-state index in [9.17, 15) is 14.7 Å². The fourth-order valence-electron chi connectivity index (χ4n) is 2.80. The monoisotopic (exact) mass is 334 g/mol. The van der Waals surface area contributed by atoms with Crippen molar-refractivity contribution < 1.29 is 19.4 Å². The number of rotatable bonds is 5. The first-order valence-electron chi connectivity index (χ1n) is 8.27. The lowest BCUT2D eigenvalue weighted by Gasteiger charge is -2.23. The number of aliphatic carboxylic acids is 1. The van der Waals surface area contributed by atoms with E-state index < -0.39 is 11.4 Å². The summed E-state index contributed by atoms with van der Waals surface area (Å²) in [5.41, 5.74) is 0.0905. The molecule has 0 aromatic heterocycles. The maximum Gasteiger partial charge on any atom is 0.317 e. The molecule has 132 valence electrons. The smallest absolute Gasteiger partial charge is 0.317 e. The molecule has 1 aliphatic heterocycles. The first-order valence-corrected chi connectivity index (χ1v) is 8.27. The van der Waals surface area contributed by atoms with Gasteiger partial charge in [-0.1, -0.05) is 12.1 Å². The molecule has 2 N–H and O–H groups in total. The van der Waals surface area contributed by atoms with Gasteiger partial charge in [-0.05, 0) is 51.8 Å². The standard InChI is InChI=1S/C18H26N2O4/c1-12(2)24-15-7-5-6-14(10-15)13(3)19-17(23)20-9-8-18(4,11-20)16(21)22/h5-7,10,12-13H,8-9,11H2,1-4H3,(H,19,23)(H,21,22). The molecular weight excluding hydrogens is 308 g/mol. The number of nitrogens with zero attached hydrogens (tertiary/aromatic N) is 1. The fraction of sp³-hybridized carbons (Fsp3) is 0.556. The summed E-state index contributed by atoms with van der Waals surface area (Å²) in [7, 11) is 0. The van der Waals surface area contributed by atoms with Gasteiger partial charge in [-0.2, -0.15) is 0 Å². The normalized spacial score (nSPS) is 21.6. The molecule has 1 aliphatic rings. The number of urea groups is 1. The Labute approximate surface area is 142 Å². The molecule has 2 amide bonds. The van der Waals surface area contributed by atoms with Crippen LogP contribution in [0.1, 0.15) is 45.7 Å². The summed E-state index contributed by atoms with van der Waals surface area (Å²) in [6, 6.07) is 7.21. The molecule has 1 saturated heterocycles. The minimum atomic E-state index is -0.857. The lowest BCUT2D eigenvalue weighted by Crippen LogP contribution is -2.41. The van der Waals surface area contributed by atoms with E-state index in [4.69, 9.17) is 4.74 Å². The number of benzene rings is 1. The first kappa shape index (κ1) is 18.1. The molecular formula is C18H26N2O4. The number of hydrogen-bond acceptors (Lipinski definition) is 3. The number of ether oxygens (including phenoxy) is 1. The molecule has 0 spiro atoms. The average Bonchev–Trinajstić information content (AvgIpc) is 2.91. The molecule has 0 aliphatic carbocycles. The number of carboxylic acids is 1. The second-order valence-corrected chi connectivity index (χ2v) is 6.95. The van der Waals surface area contributed by atoms with Gasteiger partial charge in [-0.25, -0.2) is 4.79 Å². The number of carbonyl (C=O) groups excluding carboxylic acids is 1. The highest BCUT2D eigenvalue weighted by Crippen LogP contribution is 2.30. The van der Waals surface area contributed by atoms with Crippen LogP contribution in [0.5, 0.6) is 5.75 Å². The molecule has 6 heteroatoms. The molecule has 6 nitrogen and oxygen atoms in total. The van der Waals surface area contributed by atoms with Gasteiger partial charge in [0.1, 0.15) is 5.75 Å². The molecule has 2 unspecified atom stereocenters. The summed E-state index contributed by atoms with van der Waals surface area (Å²) in [6.45, 7) is 8.20. The highest BCUT2D eigenvalue weighted by molar-refractivity contribution is 5.79. The summed E-state index contributed by atoms with van der Waals surface area (Å²) in [5, 5.41) is 12.2. The van der Waals surface area contributed by atoms with Crippen LogP contribution in [0.2, 0.25) is 0 Å². The van der Waals surface area contributed by atoms with Crippen molar-refractivity contribution in [2.45, 2.75) is 46.3 Å². The van der Waals surface area contributed by atoms with Crippen LogP contribution in [0, 0.1) is 5.41 Å². The highest BCUT2D eigenvalue weighted by atomic mass is 16.5. The Balaban J connectivity index is 1.98. The van der Waals surface area contributed by atoms with Crippen LogP contribution in [0.25, 0.3) is 0 Å². The summed E-state index contributed by atoms with van der Waals surface area (Å²) in [4.78, 5) is 25.2. The van der Waals surface area contributed by atoms with E-state index in [2.05, 4.69) is 5.32 Å². The van der Waals surface area contributed by atoms with Crippen LogP contribution in [0.15, 0.2) is 24.3 Å². The van der Waals surface area contributed by atoms with E-state index >= 15 is 0 Å². The van der Waals surface area contributed by atoms with E-state index in [1.165, 1.54) is 0 Å².